The number of carboxylic acids is 1. The minimum atomic E-state index is -1.06. The van der Waals surface area contributed by atoms with Crippen LogP contribution in [0.1, 0.15) is 10.5 Å². The van der Waals surface area contributed by atoms with Gasteiger partial charge in [0.05, 0.1) is 5.02 Å². The monoisotopic (exact) mass is 197 g/mol. The summed E-state index contributed by atoms with van der Waals surface area (Å²) in [6.07, 6.45) is 1.26. The summed E-state index contributed by atoms with van der Waals surface area (Å²) in [4.78, 5) is 14.5. The molecule has 0 amide bonds. The molecule has 0 unspecified atom stereocenters. The van der Waals surface area contributed by atoms with Gasteiger partial charge in [0, 0.05) is 0 Å². The van der Waals surface area contributed by atoms with Gasteiger partial charge in [-0.05, 0) is 12.1 Å². The minimum Gasteiger partial charge on any atom is -0.477 e. The quantitative estimate of drug-likeness (QED) is 0.743. The van der Waals surface area contributed by atoms with E-state index < -0.39 is 5.97 Å². The molecule has 0 radical (unpaired) electrons. The molecular formula is C7H4ClN3O2. The lowest BCUT2D eigenvalue weighted by Gasteiger charge is -1.98. The van der Waals surface area contributed by atoms with Crippen LogP contribution in [0, 0.1) is 0 Å². The SMILES string of the molecule is O=C(O)c1ccc(Cl)c2ncnn12. The summed E-state index contributed by atoms with van der Waals surface area (Å²) in [5.41, 5.74) is 0.387. The lowest BCUT2D eigenvalue weighted by atomic mass is 10.3. The number of pyridine rings is 1. The van der Waals surface area contributed by atoms with E-state index in [1.54, 1.807) is 0 Å². The predicted octanol–water partition coefficient (Wildman–Crippen LogP) is 1.08. The topological polar surface area (TPSA) is 67.5 Å². The lowest BCUT2D eigenvalue weighted by molar-refractivity contribution is 0.0687. The van der Waals surface area contributed by atoms with Crippen LogP contribution in [0.25, 0.3) is 5.65 Å². The molecule has 0 atom stereocenters. The van der Waals surface area contributed by atoms with Crippen molar-refractivity contribution in [3.8, 4) is 0 Å². The van der Waals surface area contributed by atoms with Gasteiger partial charge >= 0.3 is 5.97 Å². The fourth-order valence-corrected chi connectivity index (χ4v) is 1.23. The summed E-state index contributed by atoms with van der Waals surface area (Å²) in [6.45, 7) is 0. The van der Waals surface area contributed by atoms with Crippen molar-refractivity contribution in [3.05, 3.63) is 29.2 Å². The van der Waals surface area contributed by atoms with Crippen molar-refractivity contribution >= 4 is 23.2 Å². The van der Waals surface area contributed by atoms with Crippen molar-refractivity contribution in [2.24, 2.45) is 0 Å². The van der Waals surface area contributed by atoms with Gasteiger partial charge in [0.25, 0.3) is 0 Å². The zero-order valence-electron chi connectivity index (χ0n) is 6.31. The third-order valence-electron chi connectivity index (χ3n) is 1.60. The maximum Gasteiger partial charge on any atom is 0.354 e. The minimum absolute atomic E-state index is 0.0388. The van der Waals surface area contributed by atoms with Crippen molar-refractivity contribution in [1.82, 2.24) is 14.6 Å². The number of hydrogen-bond donors (Lipinski definition) is 1. The maximum atomic E-state index is 10.7. The molecule has 0 saturated carbocycles. The Balaban J connectivity index is 2.86. The Morgan fingerprint density at radius 2 is 2.31 bits per heavy atom. The van der Waals surface area contributed by atoms with Crippen molar-refractivity contribution in [3.63, 3.8) is 0 Å². The van der Waals surface area contributed by atoms with Gasteiger partial charge in [-0.3, -0.25) is 0 Å². The van der Waals surface area contributed by atoms with Crippen LogP contribution in [0.4, 0.5) is 0 Å². The summed E-state index contributed by atoms with van der Waals surface area (Å²) in [6, 6.07) is 2.86. The number of carbonyl (C=O) groups is 1. The number of halogens is 1. The van der Waals surface area contributed by atoms with Crippen LogP contribution < -0.4 is 0 Å². The highest BCUT2D eigenvalue weighted by atomic mass is 35.5. The van der Waals surface area contributed by atoms with Gasteiger partial charge < -0.3 is 5.11 Å². The normalized spacial score (nSPS) is 10.5. The van der Waals surface area contributed by atoms with Gasteiger partial charge in [-0.2, -0.15) is 5.10 Å². The van der Waals surface area contributed by atoms with Crippen LogP contribution in [0.15, 0.2) is 18.5 Å². The standard InChI is InChI=1S/C7H4ClN3O2/c8-4-1-2-5(7(12)13)11-6(4)9-3-10-11/h1-3H,(H,12,13). The summed E-state index contributed by atoms with van der Waals surface area (Å²) < 4.78 is 1.19. The average molecular weight is 198 g/mol. The van der Waals surface area contributed by atoms with E-state index in [2.05, 4.69) is 10.1 Å². The van der Waals surface area contributed by atoms with Crippen molar-refractivity contribution in [1.29, 1.82) is 0 Å². The first-order chi connectivity index (χ1) is 6.20. The fraction of sp³-hybridized carbons (Fsp3) is 0. The molecule has 6 heteroatoms. The molecule has 0 saturated heterocycles. The van der Waals surface area contributed by atoms with E-state index in [1.807, 2.05) is 0 Å². The highest BCUT2D eigenvalue weighted by Crippen LogP contribution is 2.15. The molecule has 2 heterocycles. The molecule has 0 aliphatic heterocycles. The summed E-state index contributed by atoms with van der Waals surface area (Å²) in [5.74, 6) is -1.06. The van der Waals surface area contributed by atoms with Crippen molar-refractivity contribution < 1.29 is 9.90 Å². The number of aromatic carboxylic acids is 1. The summed E-state index contributed by atoms with van der Waals surface area (Å²) in [7, 11) is 0. The van der Waals surface area contributed by atoms with Crippen LogP contribution >= 0.6 is 11.6 Å². The Kier molecular flexibility index (Phi) is 1.66. The fourth-order valence-electron chi connectivity index (χ4n) is 1.04. The first kappa shape index (κ1) is 8.00. The van der Waals surface area contributed by atoms with Crippen LogP contribution in [-0.2, 0) is 0 Å². The van der Waals surface area contributed by atoms with E-state index in [0.717, 1.165) is 0 Å². The van der Waals surface area contributed by atoms with E-state index in [0.29, 0.717) is 10.7 Å². The number of carboxylic acid groups (broad SMARTS) is 1. The molecular weight excluding hydrogens is 194 g/mol. The largest absolute Gasteiger partial charge is 0.477 e. The smallest absolute Gasteiger partial charge is 0.354 e. The molecule has 0 aliphatic carbocycles. The predicted molar refractivity (Wildman–Crippen MR) is 45.0 cm³/mol. The van der Waals surface area contributed by atoms with E-state index in [1.165, 1.54) is 23.0 Å². The molecule has 0 fully saturated rings. The zero-order valence-corrected chi connectivity index (χ0v) is 7.06. The maximum absolute atomic E-state index is 10.7. The van der Waals surface area contributed by atoms with E-state index in [-0.39, 0.29) is 5.69 Å². The van der Waals surface area contributed by atoms with Crippen LogP contribution in [0.3, 0.4) is 0 Å². The van der Waals surface area contributed by atoms with Crippen LogP contribution in [0.5, 0.6) is 0 Å². The highest BCUT2D eigenvalue weighted by molar-refractivity contribution is 6.33. The average Bonchev–Trinajstić information content (AvgIpc) is 2.53. The Hall–Kier alpha value is -1.62. The highest BCUT2D eigenvalue weighted by Gasteiger charge is 2.11. The molecule has 2 aromatic rings. The van der Waals surface area contributed by atoms with Gasteiger partial charge in [0.2, 0.25) is 0 Å². The van der Waals surface area contributed by atoms with Crippen LogP contribution in [-0.4, -0.2) is 25.7 Å². The van der Waals surface area contributed by atoms with Crippen molar-refractivity contribution in [2.75, 3.05) is 0 Å². The van der Waals surface area contributed by atoms with E-state index in [4.69, 9.17) is 16.7 Å². The number of aromatic nitrogens is 3. The molecule has 5 nitrogen and oxygen atoms in total. The third-order valence-corrected chi connectivity index (χ3v) is 1.89. The number of nitrogens with zero attached hydrogens (tertiary/aromatic N) is 3. The lowest BCUT2D eigenvalue weighted by Crippen LogP contribution is -2.05. The zero-order chi connectivity index (χ0) is 9.42. The molecule has 2 aromatic heterocycles. The van der Waals surface area contributed by atoms with Gasteiger partial charge in [-0.1, -0.05) is 11.6 Å². The van der Waals surface area contributed by atoms with Crippen LogP contribution in [0.2, 0.25) is 5.02 Å². The molecule has 0 aromatic carbocycles. The molecule has 0 bridgehead atoms. The Labute approximate surface area is 77.6 Å². The molecule has 0 aliphatic rings. The molecule has 2 rings (SSSR count). The second kappa shape index (κ2) is 2.70. The third kappa shape index (κ3) is 1.13. The first-order valence-corrected chi connectivity index (χ1v) is 3.79. The van der Waals surface area contributed by atoms with Gasteiger partial charge in [0.15, 0.2) is 11.3 Å². The van der Waals surface area contributed by atoms with Gasteiger partial charge in [-0.25, -0.2) is 14.3 Å². The number of rotatable bonds is 1. The Bertz CT molecular complexity index is 480. The summed E-state index contributed by atoms with van der Waals surface area (Å²) in [5, 5.41) is 12.9. The van der Waals surface area contributed by atoms with Crippen molar-refractivity contribution in [2.45, 2.75) is 0 Å². The first-order valence-electron chi connectivity index (χ1n) is 3.41. The Morgan fingerprint density at radius 1 is 1.54 bits per heavy atom. The number of hydrogen-bond acceptors (Lipinski definition) is 3. The molecule has 13 heavy (non-hydrogen) atoms. The summed E-state index contributed by atoms with van der Waals surface area (Å²) >= 11 is 5.76. The molecule has 0 spiro atoms. The van der Waals surface area contributed by atoms with Gasteiger partial charge in [0.1, 0.15) is 6.33 Å². The van der Waals surface area contributed by atoms with E-state index >= 15 is 0 Å². The Morgan fingerprint density at radius 3 is 3.00 bits per heavy atom. The molecule has 1 N–H and O–H groups in total. The number of fused-ring (bicyclic) bond motifs is 1. The second-order valence-electron chi connectivity index (χ2n) is 2.37. The van der Waals surface area contributed by atoms with E-state index in [9.17, 15) is 4.79 Å². The van der Waals surface area contributed by atoms with Gasteiger partial charge in [-0.15, -0.1) is 0 Å². The molecule has 66 valence electrons. The second-order valence-corrected chi connectivity index (χ2v) is 2.77.